The van der Waals surface area contributed by atoms with Crippen LogP contribution in [0.5, 0.6) is 0 Å². The maximum absolute atomic E-state index is 13.8. The number of nitrogens with zero attached hydrogens (tertiary/aromatic N) is 2. The van der Waals surface area contributed by atoms with E-state index >= 15 is 0 Å². The first kappa shape index (κ1) is 23.9. The Balaban J connectivity index is 0.00000289. The Bertz CT molecular complexity index is 1160. The van der Waals surface area contributed by atoms with Gasteiger partial charge in [-0.3, -0.25) is 14.5 Å². The van der Waals surface area contributed by atoms with Crippen LogP contribution in [-0.4, -0.2) is 11.8 Å². The third-order valence-electron chi connectivity index (χ3n) is 6.01. The van der Waals surface area contributed by atoms with Gasteiger partial charge in [-0.05, 0) is 49.4 Å². The maximum Gasteiger partial charge on any atom is 0.294 e. The van der Waals surface area contributed by atoms with E-state index in [2.05, 4.69) is 12.2 Å². The van der Waals surface area contributed by atoms with Crippen molar-refractivity contribution >= 4 is 23.2 Å². The first-order valence-corrected chi connectivity index (χ1v) is 10.7. The number of benzene rings is 2. The van der Waals surface area contributed by atoms with Crippen LogP contribution in [0.4, 0.5) is 11.4 Å². The lowest BCUT2D eigenvalue weighted by Gasteiger charge is -2.34. The zero-order valence-electron chi connectivity index (χ0n) is 18.9. The predicted octanol–water partition coefficient (Wildman–Crippen LogP) is 1.19. The lowest BCUT2D eigenvalue weighted by molar-refractivity contribution is -0.695. The normalized spacial score (nSPS) is 15.1. The highest BCUT2D eigenvalue weighted by molar-refractivity contribution is 6.06. The van der Waals surface area contributed by atoms with E-state index in [4.69, 9.17) is 0 Å². The fraction of sp³-hybridized carbons (Fsp3) is 0.269. The number of halogens is 1. The molecule has 1 atom stereocenters. The molecule has 0 spiro atoms. The molecule has 1 aliphatic rings. The van der Waals surface area contributed by atoms with Crippen molar-refractivity contribution in [2.75, 3.05) is 10.2 Å². The molecule has 4 rings (SSSR count). The summed E-state index contributed by atoms with van der Waals surface area (Å²) in [5.41, 5.74) is 6.47. The van der Waals surface area contributed by atoms with Gasteiger partial charge < -0.3 is 29.3 Å². The number of nitrogens with one attached hydrogen (secondary N) is 1. The molecule has 1 aliphatic heterocycles. The summed E-state index contributed by atoms with van der Waals surface area (Å²) in [4.78, 5) is 28.9. The molecule has 0 fully saturated rings. The van der Waals surface area contributed by atoms with Crippen molar-refractivity contribution in [2.45, 2.75) is 46.7 Å². The second-order valence-corrected chi connectivity index (χ2v) is 8.11. The van der Waals surface area contributed by atoms with Crippen LogP contribution in [0.25, 0.3) is 0 Å². The number of carbonyl (C=O) groups excluding carboxylic acids is 2. The number of aromatic nitrogens is 1. The number of anilines is 2. The molecule has 2 amide bonds. The van der Waals surface area contributed by atoms with Gasteiger partial charge >= 0.3 is 0 Å². The SMILES string of the molecule is CCc1cccc(C)c1N1C(=O)C[n+]2ccccc2C1C(=O)Nc1c(C)cccc1C.[I-]. The molecule has 32 heavy (non-hydrogen) atoms. The van der Waals surface area contributed by atoms with E-state index in [-0.39, 0.29) is 42.3 Å². The Morgan fingerprint density at radius 3 is 2.34 bits per heavy atom. The Kier molecular flexibility index (Phi) is 7.33. The summed E-state index contributed by atoms with van der Waals surface area (Å²) in [6.07, 6.45) is 2.64. The quantitative estimate of drug-likeness (QED) is 0.399. The Labute approximate surface area is 206 Å². The van der Waals surface area contributed by atoms with Crippen LogP contribution >= 0.6 is 0 Å². The molecule has 2 heterocycles. The van der Waals surface area contributed by atoms with E-state index in [9.17, 15) is 9.59 Å². The molecule has 0 radical (unpaired) electrons. The Hall–Kier alpha value is -2.74. The van der Waals surface area contributed by atoms with E-state index in [1.165, 1.54) is 0 Å². The second-order valence-electron chi connectivity index (χ2n) is 8.11. The van der Waals surface area contributed by atoms with Crippen LogP contribution < -0.4 is 38.8 Å². The van der Waals surface area contributed by atoms with Gasteiger partial charge in [-0.15, -0.1) is 0 Å². The molecular formula is C26H28IN3O2. The summed E-state index contributed by atoms with van der Waals surface area (Å²) >= 11 is 0. The maximum atomic E-state index is 13.8. The van der Waals surface area contributed by atoms with Crippen molar-refractivity contribution in [3.8, 4) is 0 Å². The number of aryl methyl sites for hydroxylation is 4. The first-order valence-electron chi connectivity index (χ1n) is 10.7. The molecule has 2 aromatic carbocycles. The molecule has 0 aliphatic carbocycles. The van der Waals surface area contributed by atoms with Crippen molar-refractivity contribution in [1.29, 1.82) is 0 Å². The molecule has 0 bridgehead atoms. The van der Waals surface area contributed by atoms with Gasteiger partial charge in [-0.1, -0.05) is 49.4 Å². The molecule has 5 nitrogen and oxygen atoms in total. The molecule has 0 saturated carbocycles. The van der Waals surface area contributed by atoms with Crippen LogP contribution in [0.2, 0.25) is 0 Å². The van der Waals surface area contributed by atoms with Gasteiger partial charge in [0.15, 0.2) is 6.20 Å². The van der Waals surface area contributed by atoms with Crippen molar-refractivity contribution in [3.63, 3.8) is 0 Å². The minimum atomic E-state index is -0.757. The predicted molar refractivity (Wildman–Crippen MR) is 122 cm³/mol. The molecule has 1 aromatic heterocycles. The number of para-hydroxylation sites is 2. The average molecular weight is 541 g/mol. The number of fused-ring (bicyclic) bond motifs is 1. The van der Waals surface area contributed by atoms with Crippen molar-refractivity contribution in [2.24, 2.45) is 0 Å². The third-order valence-corrected chi connectivity index (χ3v) is 6.01. The zero-order chi connectivity index (χ0) is 22.1. The van der Waals surface area contributed by atoms with Gasteiger partial charge in [-0.25, -0.2) is 0 Å². The van der Waals surface area contributed by atoms with Crippen LogP contribution in [0, 0.1) is 20.8 Å². The molecule has 0 saturated heterocycles. The van der Waals surface area contributed by atoms with Gasteiger partial charge in [-0.2, -0.15) is 4.57 Å². The first-order chi connectivity index (χ1) is 14.9. The number of carbonyl (C=O) groups is 2. The lowest BCUT2D eigenvalue weighted by atomic mass is 9.98. The molecular weight excluding hydrogens is 513 g/mol. The fourth-order valence-electron chi connectivity index (χ4n) is 4.44. The van der Waals surface area contributed by atoms with E-state index in [0.717, 1.165) is 45.7 Å². The molecule has 1 unspecified atom stereocenters. The molecule has 1 N–H and O–H groups in total. The Morgan fingerprint density at radius 2 is 1.66 bits per heavy atom. The highest BCUT2D eigenvalue weighted by Crippen LogP contribution is 2.35. The minimum absolute atomic E-state index is 0. The van der Waals surface area contributed by atoms with E-state index in [1.54, 1.807) is 4.90 Å². The van der Waals surface area contributed by atoms with E-state index < -0.39 is 6.04 Å². The summed E-state index contributed by atoms with van der Waals surface area (Å²) in [6, 6.07) is 16.9. The van der Waals surface area contributed by atoms with Crippen molar-refractivity contribution in [1.82, 2.24) is 0 Å². The fourth-order valence-corrected chi connectivity index (χ4v) is 4.44. The van der Waals surface area contributed by atoms with Crippen LogP contribution in [0.3, 0.4) is 0 Å². The van der Waals surface area contributed by atoms with Gasteiger partial charge in [0.25, 0.3) is 11.8 Å². The highest BCUT2D eigenvalue weighted by atomic mass is 127. The summed E-state index contributed by atoms with van der Waals surface area (Å²) in [6.45, 7) is 8.23. The number of hydrogen-bond donors (Lipinski definition) is 1. The summed E-state index contributed by atoms with van der Waals surface area (Å²) in [5.74, 6) is -0.301. The summed E-state index contributed by atoms with van der Waals surface area (Å²) in [7, 11) is 0. The van der Waals surface area contributed by atoms with Gasteiger partial charge in [0, 0.05) is 17.8 Å². The molecule has 166 valence electrons. The van der Waals surface area contributed by atoms with Gasteiger partial charge in [0.1, 0.15) is 0 Å². The number of amides is 2. The number of pyridine rings is 1. The average Bonchev–Trinajstić information content (AvgIpc) is 2.75. The monoisotopic (exact) mass is 541 g/mol. The minimum Gasteiger partial charge on any atom is -1.00 e. The molecule has 6 heteroatoms. The zero-order valence-corrected chi connectivity index (χ0v) is 21.0. The van der Waals surface area contributed by atoms with Crippen molar-refractivity contribution < 1.29 is 38.1 Å². The van der Waals surface area contributed by atoms with Crippen LogP contribution in [-0.2, 0) is 22.6 Å². The largest absolute Gasteiger partial charge is 1.00 e. The standard InChI is InChI=1S/C26H27N3O2.HI/c1-5-20-13-9-12-19(4)24(20)29-22(30)16-28-15-7-6-14-21(28)25(29)26(31)27-23-17(2)10-8-11-18(23)3;/h6-15,25H,5,16H2,1-4H3;1H. The van der Waals surface area contributed by atoms with Crippen LogP contribution in [0.15, 0.2) is 60.8 Å². The van der Waals surface area contributed by atoms with Crippen molar-refractivity contribution in [3.05, 3.63) is 88.7 Å². The number of hydrogen-bond acceptors (Lipinski definition) is 2. The van der Waals surface area contributed by atoms with E-state index in [0.29, 0.717) is 0 Å². The summed E-state index contributed by atoms with van der Waals surface area (Å²) in [5, 5.41) is 3.12. The molecule has 3 aromatic rings. The summed E-state index contributed by atoms with van der Waals surface area (Å²) < 4.78 is 1.87. The van der Waals surface area contributed by atoms with Crippen LogP contribution in [0.1, 0.15) is 40.9 Å². The number of rotatable bonds is 4. The van der Waals surface area contributed by atoms with Gasteiger partial charge in [0.2, 0.25) is 18.3 Å². The highest BCUT2D eigenvalue weighted by Gasteiger charge is 2.44. The topological polar surface area (TPSA) is 53.3 Å². The third kappa shape index (κ3) is 4.28. The lowest BCUT2D eigenvalue weighted by Crippen LogP contribution is -3.00. The Morgan fingerprint density at radius 1 is 1.00 bits per heavy atom. The van der Waals surface area contributed by atoms with E-state index in [1.807, 2.05) is 86.1 Å². The smallest absolute Gasteiger partial charge is 0.294 e. The second kappa shape index (κ2) is 9.81. The van der Waals surface area contributed by atoms with Gasteiger partial charge in [0.05, 0.1) is 5.69 Å².